The summed E-state index contributed by atoms with van der Waals surface area (Å²) in [6, 6.07) is 21.6. The van der Waals surface area contributed by atoms with E-state index in [1.807, 2.05) is 47.2 Å². The van der Waals surface area contributed by atoms with E-state index >= 15 is 0 Å². The Morgan fingerprint density at radius 1 is 0.927 bits per heavy atom. The molecule has 4 aromatic rings. The van der Waals surface area contributed by atoms with E-state index in [1.165, 1.54) is 11.3 Å². The van der Waals surface area contributed by atoms with Gasteiger partial charge in [0, 0.05) is 66.4 Å². The molecule has 0 radical (unpaired) electrons. The maximum atomic E-state index is 6.58. The highest BCUT2D eigenvalue weighted by Gasteiger charge is 2.45. The van der Waals surface area contributed by atoms with E-state index in [1.54, 1.807) is 24.7 Å². The van der Waals surface area contributed by atoms with Crippen LogP contribution < -0.4 is 9.64 Å². The zero-order valence-electron chi connectivity index (χ0n) is 22.5. The van der Waals surface area contributed by atoms with Crippen molar-refractivity contribution in [2.75, 3.05) is 44.3 Å². The molecule has 2 saturated heterocycles. The van der Waals surface area contributed by atoms with Crippen LogP contribution in [0.4, 0.5) is 5.69 Å². The van der Waals surface area contributed by atoms with Crippen LogP contribution in [0.2, 0.25) is 15.1 Å². The lowest BCUT2D eigenvalue weighted by Crippen LogP contribution is -2.46. The Bertz CT molecular complexity index is 1450. The lowest BCUT2D eigenvalue weighted by Gasteiger charge is -2.36. The van der Waals surface area contributed by atoms with Crippen LogP contribution in [0.1, 0.15) is 11.1 Å². The van der Waals surface area contributed by atoms with Crippen molar-refractivity contribution in [3.8, 4) is 5.75 Å². The summed E-state index contributed by atoms with van der Waals surface area (Å²) in [7, 11) is 0. The van der Waals surface area contributed by atoms with Gasteiger partial charge in [-0.05, 0) is 48.0 Å². The number of rotatable bonds is 9. The molecule has 7 nitrogen and oxygen atoms in total. The number of ether oxygens (including phenoxy) is 3. The Morgan fingerprint density at radius 3 is 2.46 bits per heavy atom. The Hall–Kier alpha value is -2.78. The molecule has 0 unspecified atom stereocenters. The average Bonchev–Trinajstić information content (AvgIpc) is 3.64. The number of halogens is 3. The van der Waals surface area contributed by atoms with Gasteiger partial charge in [-0.3, -0.25) is 4.90 Å². The minimum Gasteiger partial charge on any atom is -0.491 e. The highest BCUT2D eigenvalue weighted by atomic mass is 35.5. The molecule has 3 heterocycles. The van der Waals surface area contributed by atoms with E-state index in [0.29, 0.717) is 29.8 Å². The van der Waals surface area contributed by atoms with Gasteiger partial charge in [-0.25, -0.2) is 4.98 Å². The quantitative estimate of drug-likeness (QED) is 0.215. The van der Waals surface area contributed by atoms with Crippen molar-refractivity contribution in [3.05, 3.63) is 112 Å². The minimum atomic E-state index is -1.08. The molecule has 0 N–H and O–H groups in total. The number of nitrogens with zero attached hydrogens (tertiary/aromatic N) is 4. The van der Waals surface area contributed by atoms with Crippen LogP contribution in [0.25, 0.3) is 0 Å². The fourth-order valence-corrected chi connectivity index (χ4v) is 6.10. The lowest BCUT2D eigenvalue weighted by atomic mass is 10.1. The highest BCUT2D eigenvalue weighted by molar-refractivity contribution is 6.35. The zero-order chi connectivity index (χ0) is 28.2. The molecule has 2 aliphatic heterocycles. The standard InChI is InChI=1S/C31H31Cl3N4O3/c32-24-5-10-28(30(34)17-24)31(21-37-12-11-35-22-37)40-20-27(41-31)19-39-26-8-6-25(7-9-26)38-15-13-36(14-16-38)18-23-3-1-2-4-29(23)33/h1-12,17,22,27H,13-16,18-21H2/t27-,31-/m1/s1. The monoisotopic (exact) mass is 612 g/mol. The first-order valence-electron chi connectivity index (χ1n) is 13.6. The molecule has 0 amide bonds. The maximum absolute atomic E-state index is 6.58. The van der Waals surface area contributed by atoms with Crippen molar-refractivity contribution < 1.29 is 14.2 Å². The largest absolute Gasteiger partial charge is 0.491 e. The molecular formula is C31H31Cl3N4O3. The van der Waals surface area contributed by atoms with E-state index in [0.717, 1.165) is 49.1 Å². The van der Waals surface area contributed by atoms with Crippen molar-refractivity contribution in [1.82, 2.24) is 14.5 Å². The Morgan fingerprint density at radius 2 is 1.73 bits per heavy atom. The van der Waals surface area contributed by atoms with Gasteiger partial charge in [0.25, 0.3) is 0 Å². The maximum Gasteiger partial charge on any atom is 0.215 e. The first-order chi connectivity index (χ1) is 20.0. The number of benzene rings is 3. The Kier molecular flexibility index (Phi) is 8.72. The SMILES string of the molecule is Clc1ccc([C@]2(Cn3ccnc3)OC[C@@H](COc3ccc(N4CCN(Cc5ccccc5Cl)CC4)cc3)O2)c(Cl)c1. The summed E-state index contributed by atoms with van der Waals surface area (Å²) in [6.07, 6.45) is 5.03. The van der Waals surface area contributed by atoms with E-state index in [9.17, 15) is 0 Å². The van der Waals surface area contributed by atoms with Crippen LogP contribution in [-0.2, 0) is 28.4 Å². The zero-order valence-corrected chi connectivity index (χ0v) is 24.7. The molecule has 0 aliphatic carbocycles. The van der Waals surface area contributed by atoms with E-state index in [2.05, 4.69) is 33.0 Å². The minimum absolute atomic E-state index is 0.281. The second kappa shape index (κ2) is 12.6. The van der Waals surface area contributed by atoms with Gasteiger partial charge in [-0.1, -0.05) is 59.1 Å². The van der Waals surface area contributed by atoms with Crippen molar-refractivity contribution in [2.24, 2.45) is 0 Å². The fourth-order valence-electron chi connectivity index (χ4n) is 5.35. The Labute approximate surface area is 255 Å². The molecule has 0 spiro atoms. The molecule has 3 aromatic carbocycles. The molecular weight excluding hydrogens is 583 g/mol. The third-order valence-electron chi connectivity index (χ3n) is 7.51. The molecule has 2 aliphatic rings. The van der Waals surface area contributed by atoms with Crippen molar-refractivity contribution >= 4 is 40.5 Å². The predicted octanol–water partition coefficient (Wildman–Crippen LogP) is 6.51. The first kappa shape index (κ1) is 28.3. The van der Waals surface area contributed by atoms with Gasteiger partial charge in [0.1, 0.15) is 18.5 Å². The topological polar surface area (TPSA) is 52.0 Å². The van der Waals surface area contributed by atoms with E-state index in [4.69, 9.17) is 49.0 Å². The van der Waals surface area contributed by atoms with Gasteiger partial charge in [0.2, 0.25) is 5.79 Å². The molecule has 6 rings (SSSR count). The van der Waals surface area contributed by atoms with E-state index < -0.39 is 5.79 Å². The highest BCUT2D eigenvalue weighted by Crippen LogP contribution is 2.40. The third-order valence-corrected chi connectivity index (χ3v) is 8.43. The molecule has 10 heteroatoms. The normalized spacial score (nSPS) is 21.3. The van der Waals surface area contributed by atoms with Crippen LogP contribution in [-0.4, -0.2) is 59.9 Å². The third kappa shape index (κ3) is 6.67. The summed E-state index contributed by atoms with van der Waals surface area (Å²) >= 11 is 19.1. The van der Waals surface area contributed by atoms with Crippen LogP contribution >= 0.6 is 34.8 Å². The smallest absolute Gasteiger partial charge is 0.215 e. The molecule has 214 valence electrons. The van der Waals surface area contributed by atoms with Crippen molar-refractivity contribution in [3.63, 3.8) is 0 Å². The van der Waals surface area contributed by atoms with Gasteiger partial charge < -0.3 is 23.7 Å². The van der Waals surface area contributed by atoms with Gasteiger partial charge in [0.05, 0.1) is 24.5 Å². The van der Waals surface area contributed by atoms with Crippen LogP contribution in [0.15, 0.2) is 85.5 Å². The van der Waals surface area contributed by atoms with Crippen molar-refractivity contribution in [2.45, 2.75) is 25.0 Å². The van der Waals surface area contributed by atoms with Crippen molar-refractivity contribution in [1.29, 1.82) is 0 Å². The number of hydrogen-bond donors (Lipinski definition) is 0. The van der Waals surface area contributed by atoms with Gasteiger partial charge in [-0.2, -0.15) is 0 Å². The number of anilines is 1. The average molecular weight is 614 g/mol. The first-order valence-corrected chi connectivity index (χ1v) is 14.8. The van der Waals surface area contributed by atoms with E-state index in [-0.39, 0.29) is 6.10 Å². The molecule has 41 heavy (non-hydrogen) atoms. The number of hydrogen-bond acceptors (Lipinski definition) is 6. The summed E-state index contributed by atoms with van der Waals surface area (Å²) in [5.41, 5.74) is 3.08. The molecule has 0 bridgehead atoms. The second-order valence-corrected chi connectivity index (χ2v) is 11.6. The summed E-state index contributed by atoms with van der Waals surface area (Å²) in [5, 5.41) is 1.87. The number of imidazole rings is 1. The summed E-state index contributed by atoms with van der Waals surface area (Å²) in [6.45, 7) is 5.88. The van der Waals surface area contributed by atoms with Crippen LogP contribution in [0.5, 0.6) is 5.75 Å². The van der Waals surface area contributed by atoms with Gasteiger partial charge in [0.15, 0.2) is 0 Å². The summed E-state index contributed by atoms with van der Waals surface area (Å²) in [5.74, 6) is -0.292. The summed E-state index contributed by atoms with van der Waals surface area (Å²) < 4.78 is 20.8. The van der Waals surface area contributed by atoms with Crippen LogP contribution in [0, 0.1) is 0 Å². The molecule has 2 fully saturated rings. The molecule has 0 saturated carbocycles. The fraction of sp³-hybridized carbons (Fsp3) is 0.323. The Balaban J connectivity index is 1.04. The number of piperazine rings is 1. The molecule has 1 aromatic heterocycles. The second-order valence-electron chi connectivity index (χ2n) is 10.3. The van der Waals surface area contributed by atoms with Crippen LogP contribution in [0.3, 0.4) is 0 Å². The van der Waals surface area contributed by atoms with Gasteiger partial charge in [-0.15, -0.1) is 0 Å². The predicted molar refractivity (Wildman–Crippen MR) is 162 cm³/mol. The van der Waals surface area contributed by atoms with Gasteiger partial charge >= 0.3 is 0 Å². The number of aromatic nitrogens is 2. The lowest BCUT2D eigenvalue weighted by molar-refractivity contribution is -0.189. The molecule has 2 atom stereocenters. The summed E-state index contributed by atoms with van der Waals surface area (Å²) in [4.78, 5) is 9.00.